The van der Waals surface area contributed by atoms with Crippen molar-refractivity contribution < 1.29 is 13.9 Å². The van der Waals surface area contributed by atoms with Crippen LogP contribution in [0.5, 0.6) is 6.01 Å². The zero-order valence-corrected chi connectivity index (χ0v) is 12.0. The number of rotatable bonds is 5. The van der Waals surface area contributed by atoms with Gasteiger partial charge in [0.05, 0.1) is 31.1 Å². The fraction of sp³-hybridized carbons (Fsp3) is 0.214. The van der Waals surface area contributed by atoms with Gasteiger partial charge in [-0.15, -0.1) is 0 Å². The van der Waals surface area contributed by atoms with Crippen molar-refractivity contribution in [1.29, 1.82) is 0 Å². The molecule has 7 heteroatoms. The van der Waals surface area contributed by atoms with Gasteiger partial charge in [0.2, 0.25) is 5.91 Å². The molecule has 21 heavy (non-hydrogen) atoms. The highest BCUT2D eigenvalue weighted by atomic mass is 35.5. The Morgan fingerprint density at radius 3 is 2.71 bits per heavy atom. The van der Waals surface area contributed by atoms with Crippen LogP contribution in [0.4, 0.5) is 10.1 Å². The van der Waals surface area contributed by atoms with Gasteiger partial charge in [-0.1, -0.05) is 17.7 Å². The number of benzene rings is 1. The van der Waals surface area contributed by atoms with Crippen LogP contribution in [-0.2, 0) is 11.2 Å². The predicted octanol–water partition coefficient (Wildman–Crippen LogP) is 2.85. The van der Waals surface area contributed by atoms with E-state index in [-0.39, 0.29) is 23.0 Å². The molecule has 2 aromatic rings. The van der Waals surface area contributed by atoms with Gasteiger partial charge in [-0.2, -0.15) is 0 Å². The van der Waals surface area contributed by atoms with E-state index in [1.807, 2.05) is 6.92 Å². The number of nitrogens with one attached hydrogen (secondary N) is 1. The molecule has 1 heterocycles. The number of halogens is 2. The first kappa shape index (κ1) is 15.2. The lowest BCUT2D eigenvalue weighted by Gasteiger charge is -2.07. The highest BCUT2D eigenvalue weighted by Gasteiger charge is 2.12. The van der Waals surface area contributed by atoms with Crippen molar-refractivity contribution in [1.82, 2.24) is 9.97 Å². The average Bonchev–Trinajstić information content (AvgIpc) is 2.45. The molecule has 0 aliphatic heterocycles. The lowest BCUT2D eigenvalue weighted by atomic mass is 10.1. The van der Waals surface area contributed by atoms with Crippen LogP contribution >= 0.6 is 11.6 Å². The lowest BCUT2D eigenvalue weighted by molar-refractivity contribution is -0.115. The van der Waals surface area contributed by atoms with E-state index in [4.69, 9.17) is 16.3 Å². The minimum absolute atomic E-state index is 0.156. The SMILES string of the molecule is CCOc1ncc(NC(=O)Cc2c(F)cccc2Cl)cn1. The van der Waals surface area contributed by atoms with Gasteiger partial charge in [0, 0.05) is 10.6 Å². The third kappa shape index (κ3) is 4.13. The average molecular weight is 310 g/mol. The van der Waals surface area contributed by atoms with Crippen LogP contribution < -0.4 is 10.1 Å². The second-order valence-electron chi connectivity index (χ2n) is 4.11. The van der Waals surface area contributed by atoms with Crippen LogP contribution in [0.2, 0.25) is 5.02 Å². The number of hydrogen-bond donors (Lipinski definition) is 1. The molecule has 0 unspecified atom stereocenters. The number of amides is 1. The number of aromatic nitrogens is 2. The second-order valence-corrected chi connectivity index (χ2v) is 4.52. The Kier molecular flexibility index (Phi) is 5.05. The van der Waals surface area contributed by atoms with Crippen molar-refractivity contribution in [3.63, 3.8) is 0 Å². The zero-order chi connectivity index (χ0) is 15.2. The molecule has 0 aliphatic rings. The number of carbonyl (C=O) groups is 1. The summed E-state index contributed by atoms with van der Waals surface area (Å²) >= 11 is 5.87. The summed E-state index contributed by atoms with van der Waals surface area (Å²) < 4.78 is 18.7. The molecule has 1 amide bonds. The Morgan fingerprint density at radius 2 is 2.10 bits per heavy atom. The Labute approximate surface area is 126 Å². The fourth-order valence-corrected chi connectivity index (χ4v) is 1.88. The van der Waals surface area contributed by atoms with Gasteiger partial charge < -0.3 is 10.1 Å². The normalized spacial score (nSPS) is 10.2. The maximum atomic E-state index is 13.6. The molecule has 5 nitrogen and oxygen atoms in total. The number of nitrogens with zero attached hydrogens (tertiary/aromatic N) is 2. The van der Waals surface area contributed by atoms with E-state index < -0.39 is 11.7 Å². The highest BCUT2D eigenvalue weighted by molar-refractivity contribution is 6.31. The Balaban J connectivity index is 2.01. The molecule has 0 fully saturated rings. The van der Waals surface area contributed by atoms with Gasteiger partial charge in [0.1, 0.15) is 5.82 Å². The van der Waals surface area contributed by atoms with Crippen molar-refractivity contribution in [2.75, 3.05) is 11.9 Å². The first-order chi connectivity index (χ1) is 10.1. The summed E-state index contributed by atoms with van der Waals surface area (Å²) in [4.78, 5) is 19.7. The largest absolute Gasteiger partial charge is 0.464 e. The van der Waals surface area contributed by atoms with Crippen LogP contribution in [-0.4, -0.2) is 22.5 Å². The predicted molar refractivity (Wildman–Crippen MR) is 76.9 cm³/mol. The topological polar surface area (TPSA) is 64.1 Å². The Hall–Kier alpha value is -2.21. The summed E-state index contributed by atoms with van der Waals surface area (Å²) in [5, 5.41) is 2.79. The quantitative estimate of drug-likeness (QED) is 0.922. The molecule has 110 valence electrons. The second kappa shape index (κ2) is 6.99. The molecule has 0 spiro atoms. The van der Waals surface area contributed by atoms with E-state index in [1.54, 1.807) is 0 Å². The smallest absolute Gasteiger partial charge is 0.316 e. The maximum Gasteiger partial charge on any atom is 0.316 e. The molecule has 2 rings (SSSR count). The van der Waals surface area contributed by atoms with E-state index in [2.05, 4.69) is 15.3 Å². The van der Waals surface area contributed by atoms with E-state index in [0.29, 0.717) is 12.3 Å². The molecule has 1 N–H and O–H groups in total. The van der Waals surface area contributed by atoms with Gasteiger partial charge in [0.25, 0.3) is 0 Å². The zero-order valence-electron chi connectivity index (χ0n) is 11.3. The van der Waals surface area contributed by atoms with Crippen LogP contribution in [0.15, 0.2) is 30.6 Å². The summed E-state index contributed by atoms with van der Waals surface area (Å²) in [5.41, 5.74) is 0.555. The minimum Gasteiger partial charge on any atom is -0.464 e. The molecule has 1 aromatic carbocycles. The van der Waals surface area contributed by atoms with Crippen LogP contribution in [0.1, 0.15) is 12.5 Å². The number of ether oxygens (including phenoxy) is 1. The van der Waals surface area contributed by atoms with Gasteiger partial charge in [-0.3, -0.25) is 4.79 Å². The summed E-state index contributed by atoms with van der Waals surface area (Å²) in [5.74, 6) is -0.921. The summed E-state index contributed by atoms with van der Waals surface area (Å²) in [7, 11) is 0. The standard InChI is InChI=1S/C14H13ClFN3O2/c1-2-21-14-17-7-9(8-18-14)19-13(20)6-10-11(15)4-3-5-12(10)16/h3-5,7-8H,2,6H2,1H3,(H,19,20). The molecular formula is C14H13ClFN3O2. The first-order valence-electron chi connectivity index (χ1n) is 6.27. The van der Waals surface area contributed by atoms with Crippen molar-refractivity contribution >= 4 is 23.2 Å². The summed E-state index contributed by atoms with van der Waals surface area (Å²) in [6.45, 7) is 2.27. The third-order valence-electron chi connectivity index (χ3n) is 2.58. The van der Waals surface area contributed by atoms with Crippen molar-refractivity contribution in [2.24, 2.45) is 0 Å². The van der Waals surface area contributed by atoms with Gasteiger partial charge in [0.15, 0.2) is 0 Å². The lowest BCUT2D eigenvalue weighted by Crippen LogP contribution is -2.16. The minimum atomic E-state index is -0.513. The Bertz CT molecular complexity index is 614. The van der Waals surface area contributed by atoms with E-state index in [0.717, 1.165) is 0 Å². The van der Waals surface area contributed by atoms with Gasteiger partial charge in [-0.25, -0.2) is 14.4 Å². The molecule has 0 aliphatic carbocycles. The van der Waals surface area contributed by atoms with Gasteiger partial charge >= 0.3 is 6.01 Å². The van der Waals surface area contributed by atoms with Crippen LogP contribution in [0, 0.1) is 5.82 Å². The summed E-state index contributed by atoms with van der Waals surface area (Å²) in [6.07, 6.45) is 2.66. The summed E-state index contributed by atoms with van der Waals surface area (Å²) in [6, 6.07) is 4.51. The van der Waals surface area contributed by atoms with Crippen molar-refractivity contribution in [2.45, 2.75) is 13.3 Å². The van der Waals surface area contributed by atoms with E-state index in [9.17, 15) is 9.18 Å². The van der Waals surface area contributed by atoms with Crippen LogP contribution in [0.25, 0.3) is 0 Å². The van der Waals surface area contributed by atoms with Crippen molar-refractivity contribution in [3.8, 4) is 6.01 Å². The molecule has 0 bridgehead atoms. The van der Waals surface area contributed by atoms with E-state index in [1.165, 1.54) is 30.6 Å². The van der Waals surface area contributed by atoms with E-state index >= 15 is 0 Å². The molecule has 1 aromatic heterocycles. The maximum absolute atomic E-state index is 13.6. The molecule has 0 atom stereocenters. The molecular weight excluding hydrogens is 297 g/mol. The monoisotopic (exact) mass is 309 g/mol. The number of hydrogen-bond acceptors (Lipinski definition) is 4. The number of anilines is 1. The Morgan fingerprint density at radius 1 is 1.38 bits per heavy atom. The number of carbonyl (C=O) groups excluding carboxylic acids is 1. The van der Waals surface area contributed by atoms with Gasteiger partial charge in [-0.05, 0) is 19.1 Å². The molecule has 0 radical (unpaired) electrons. The molecule has 0 saturated heterocycles. The van der Waals surface area contributed by atoms with Crippen molar-refractivity contribution in [3.05, 3.63) is 47.0 Å². The molecule has 0 saturated carbocycles. The van der Waals surface area contributed by atoms with Crippen LogP contribution in [0.3, 0.4) is 0 Å². The highest BCUT2D eigenvalue weighted by Crippen LogP contribution is 2.20. The fourth-order valence-electron chi connectivity index (χ4n) is 1.65. The first-order valence-corrected chi connectivity index (χ1v) is 6.65. The third-order valence-corrected chi connectivity index (χ3v) is 2.94.